The molecule has 0 unspecified atom stereocenters. The molecule has 0 saturated heterocycles. The zero-order valence-corrected chi connectivity index (χ0v) is 12.7. The van der Waals surface area contributed by atoms with E-state index in [4.69, 9.17) is 4.74 Å². The minimum Gasteiger partial charge on any atom is -0.494 e. The Morgan fingerprint density at radius 2 is 2.05 bits per heavy atom. The van der Waals surface area contributed by atoms with Crippen LogP contribution in [-0.4, -0.2) is 28.8 Å². The number of hydrogen-bond donors (Lipinski definition) is 1. The average Bonchev–Trinajstić information content (AvgIpc) is 2.78. The lowest BCUT2D eigenvalue weighted by atomic mass is 10.2. The topological polar surface area (TPSA) is 56.1 Å². The number of nitrogens with zero attached hydrogens (tertiary/aromatic N) is 2. The molecule has 5 nitrogen and oxygen atoms in total. The summed E-state index contributed by atoms with van der Waals surface area (Å²) >= 11 is 0. The fourth-order valence-electron chi connectivity index (χ4n) is 2.03. The van der Waals surface area contributed by atoms with E-state index in [0.717, 1.165) is 23.6 Å². The molecule has 0 aliphatic rings. The number of amides is 1. The highest BCUT2D eigenvalue weighted by Gasteiger charge is 2.06. The Bertz CT molecular complexity index is 583. The number of carbonyl (C=O) groups excluding carboxylic acids is 1. The van der Waals surface area contributed by atoms with E-state index < -0.39 is 0 Å². The van der Waals surface area contributed by atoms with Crippen LogP contribution in [0.5, 0.6) is 5.75 Å². The Hall–Kier alpha value is -2.30. The van der Waals surface area contributed by atoms with Crippen LogP contribution in [0.1, 0.15) is 28.7 Å². The van der Waals surface area contributed by atoms with Gasteiger partial charge in [0, 0.05) is 31.3 Å². The third-order valence-electron chi connectivity index (χ3n) is 3.26. The second-order valence-corrected chi connectivity index (χ2v) is 4.86. The van der Waals surface area contributed by atoms with Crippen molar-refractivity contribution in [2.45, 2.75) is 20.3 Å². The summed E-state index contributed by atoms with van der Waals surface area (Å²) in [6.45, 7) is 5.13. The average molecular weight is 287 g/mol. The fraction of sp³-hybridized carbons (Fsp3) is 0.375. The van der Waals surface area contributed by atoms with Crippen LogP contribution >= 0.6 is 0 Å². The van der Waals surface area contributed by atoms with Gasteiger partial charge in [0.25, 0.3) is 5.91 Å². The van der Waals surface area contributed by atoms with Crippen LogP contribution < -0.4 is 10.1 Å². The van der Waals surface area contributed by atoms with E-state index in [9.17, 15) is 4.79 Å². The van der Waals surface area contributed by atoms with Crippen molar-refractivity contribution in [2.24, 2.45) is 7.05 Å². The van der Waals surface area contributed by atoms with Gasteiger partial charge in [0.1, 0.15) is 5.75 Å². The highest BCUT2D eigenvalue weighted by atomic mass is 16.5. The summed E-state index contributed by atoms with van der Waals surface area (Å²) in [5, 5.41) is 7.26. The van der Waals surface area contributed by atoms with Gasteiger partial charge in [0.05, 0.1) is 12.3 Å². The summed E-state index contributed by atoms with van der Waals surface area (Å²) in [7, 11) is 1.91. The lowest BCUT2D eigenvalue weighted by molar-refractivity contribution is 0.0954. The number of nitrogens with one attached hydrogen (secondary N) is 1. The number of aromatic nitrogens is 2. The smallest absolute Gasteiger partial charge is 0.251 e. The molecule has 1 N–H and O–H groups in total. The minimum atomic E-state index is -0.0781. The largest absolute Gasteiger partial charge is 0.494 e. The van der Waals surface area contributed by atoms with Gasteiger partial charge in [-0.2, -0.15) is 5.10 Å². The number of benzene rings is 1. The lowest BCUT2D eigenvalue weighted by Gasteiger charge is -2.06. The van der Waals surface area contributed by atoms with Gasteiger partial charge in [-0.15, -0.1) is 0 Å². The van der Waals surface area contributed by atoms with Crippen molar-refractivity contribution in [3.8, 4) is 5.75 Å². The first-order chi connectivity index (χ1) is 10.1. The molecular formula is C16H21N3O2. The zero-order chi connectivity index (χ0) is 15.2. The van der Waals surface area contributed by atoms with E-state index in [1.54, 1.807) is 24.3 Å². The van der Waals surface area contributed by atoms with Crippen molar-refractivity contribution in [1.29, 1.82) is 0 Å². The second-order valence-electron chi connectivity index (χ2n) is 4.86. The molecule has 0 saturated carbocycles. The highest BCUT2D eigenvalue weighted by Crippen LogP contribution is 2.12. The SMILES string of the molecule is CCOc1ccc(C(=O)NCCc2cc(C)n(C)n2)cc1. The molecule has 0 spiro atoms. The maximum atomic E-state index is 12.0. The molecule has 0 atom stereocenters. The number of ether oxygens (including phenoxy) is 1. The summed E-state index contributed by atoms with van der Waals surface area (Å²) in [5.74, 6) is 0.698. The monoisotopic (exact) mass is 287 g/mol. The number of rotatable bonds is 6. The van der Waals surface area contributed by atoms with E-state index in [1.807, 2.05) is 31.6 Å². The summed E-state index contributed by atoms with van der Waals surface area (Å²) in [5.41, 5.74) is 2.74. The van der Waals surface area contributed by atoms with Crippen LogP contribution in [0.4, 0.5) is 0 Å². The Balaban J connectivity index is 1.83. The van der Waals surface area contributed by atoms with Gasteiger partial charge >= 0.3 is 0 Å². The molecule has 112 valence electrons. The van der Waals surface area contributed by atoms with Gasteiger partial charge in [0.15, 0.2) is 0 Å². The third kappa shape index (κ3) is 4.08. The molecule has 1 heterocycles. The van der Waals surface area contributed by atoms with Crippen molar-refractivity contribution in [3.05, 3.63) is 47.3 Å². The standard InChI is InChI=1S/C16H21N3O2/c1-4-21-15-7-5-13(6-8-15)16(20)17-10-9-14-11-12(2)19(3)18-14/h5-8,11H,4,9-10H2,1-3H3,(H,17,20). The maximum absolute atomic E-state index is 12.0. The van der Waals surface area contributed by atoms with E-state index in [2.05, 4.69) is 10.4 Å². The molecule has 0 aliphatic heterocycles. The molecular weight excluding hydrogens is 266 g/mol. The van der Waals surface area contributed by atoms with Crippen LogP contribution in [0.25, 0.3) is 0 Å². The molecule has 1 amide bonds. The van der Waals surface area contributed by atoms with Crippen molar-refractivity contribution in [2.75, 3.05) is 13.2 Å². The molecule has 0 fully saturated rings. The molecule has 5 heteroatoms. The Labute approximate surface area is 124 Å². The van der Waals surface area contributed by atoms with Gasteiger partial charge in [-0.05, 0) is 44.2 Å². The first-order valence-electron chi connectivity index (χ1n) is 7.10. The van der Waals surface area contributed by atoms with E-state index in [1.165, 1.54) is 0 Å². The number of hydrogen-bond acceptors (Lipinski definition) is 3. The summed E-state index contributed by atoms with van der Waals surface area (Å²) in [6, 6.07) is 9.18. The zero-order valence-electron chi connectivity index (χ0n) is 12.7. The number of carbonyl (C=O) groups is 1. The van der Waals surface area contributed by atoms with Gasteiger partial charge in [0.2, 0.25) is 0 Å². The third-order valence-corrected chi connectivity index (χ3v) is 3.26. The fourth-order valence-corrected chi connectivity index (χ4v) is 2.03. The van der Waals surface area contributed by atoms with Crippen LogP contribution in [0, 0.1) is 6.92 Å². The molecule has 0 bridgehead atoms. The van der Waals surface area contributed by atoms with Crippen molar-refractivity contribution in [1.82, 2.24) is 15.1 Å². The molecule has 2 aromatic rings. The lowest BCUT2D eigenvalue weighted by Crippen LogP contribution is -2.25. The van der Waals surface area contributed by atoms with Gasteiger partial charge in [-0.3, -0.25) is 9.48 Å². The molecule has 1 aromatic heterocycles. The number of aryl methyl sites for hydroxylation is 2. The van der Waals surface area contributed by atoms with Crippen molar-refractivity contribution >= 4 is 5.91 Å². The summed E-state index contributed by atoms with van der Waals surface area (Å²) < 4.78 is 7.19. The first kappa shape index (κ1) is 15.1. The second kappa shape index (κ2) is 6.92. The van der Waals surface area contributed by atoms with E-state index in [-0.39, 0.29) is 5.91 Å². The predicted octanol–water partition coefficient (Wildman–Crippen LogP) is 2.10. The minimum absolute atomic E-state index is 0.0781. The Morgan fingerprint density at radius 3 is 2.62 bits per heavy atom. The van der Waals surface area contributed by atoms with Crippen molar-refractivity contribution < 1.29 is 9.53 Å². The van der Waals surface area contributed by atoms with Crippen LogP contribution in [0.2, 0.25) is 0 Å². The van der Waals surface area contributed by atoms with Gasteiger partial charge in [-0.1, -0.05) is 0 Å². The molecule has 0 aliphatic carbocycles. The summed E-state index contributed by atoms with van der Waals surface area (Å²) in [6.07, 6.45) is 0.727. The molecule has 1 aromatic carbocycles. The molecule has 2 rings (SSSR count). The predicted molar refractivity (Wildman–Crippen MR) is 81.6 cm³/mol. The molecule has 0 radical (unpaired) electrons. The van der Waals surface area contributed by atoms with Crippen LogP contribution in [0.15, 0.2) is 30.3 Å². The van der Waals surface area contributed by atoms with Crippen LogP contribution in [0.3, 0.4) is 0 Å². The highest BCUT2D eigenvalue weighted by molar-refractivity contribution is 5.94. The van der Waals surface area contributed by atoms with Gasteiger partial charge in [-0.25, -0.2) is 0 Å². The quantitative estimate of drug-likeness (QED) is 0.885. The van der Waals surface area contributed by atoms with E-state index >= 15 is 0 Å². The Kier molecular flexibility index (Phi) is 4.98. The Morgan fingerprint density at radius 1 is 1.33 bits per heavy atom. The van der Waals surface area contributed by atoms with Crippen LogP contribution in [-0.2, 0) is 13.5 Å². The summed E-state index contributed by atoms with van der Waals surface area (Å²) in [4.78, 5) is 12.0. The molecule has 21 heavy (non-hydrogen) atoms. The van der Waals surface area contributed by atoms with Gasteiger partial charge < -0.3 is 10.1 Å². The van der Waals surface area contributed by atoms with E-state index in [0.29, 0.717) is 18.7 Å². The van der Waals surface area contributed by atoms with Crippen molar-refractivity contribution in [3.63, 3.8) is 0 Å². The normalized spacial score (nSPS) is 10.4. The first-order valence-corrected chi connectivity index (χ1v) is 7.10. The maximum Gasteiger partial charge on any atom is 0.251 e.